The standard InChI is InChI=1S/2C7H8S.4C7H8.3C6H6S.3C4H10.12C2H6.CH2Cl2.6CH4O/c2*1-8-7-5-3-2-4-6-7;4*1-7-5-3-2-4-6-7;3*7-6-4-2-1-3-5-6;3*1-3-4-2;12*1-2;2-1-3;6*1-2/h2*2-6H,1H3;4*2-6H,1H3;3*1-5,7H;3*3-4H2,1-2H3;12*1-2H3;1H2;6*2H,1H3. The van der Waals surface area contributed by atoms with Gasteiger partial charge in [-0.05, 0) is 101 Å². The maximum Gasteiger partial charge on any atom is 0.0967 e. The van der Waals surface area contributed by atoms with Crippen LogP contribution in [0, 0.1) is 27.7 Å². The molecule has 0 amide bonds. The molecule has 9 aromatic carbocycles. The van der Waals surface area contributed by atoms with Crippen LogP contribution in [0.25, 0.3) is 0 Å². The van der Waals surface area contributed by atoms with E-state index >= 15 is 0 Å². The van der Waals surface area contributed by atoms with Crippen molar-refractivity contribution in [1.29, 1.82) is 0 Å². The Balaban J connectivity index is -0.0000000401. The van der Waals surface area contributed by atoms with Crippen molar-refractivity contribution in [2.45, 2.75) is 298 Å². The molecule has 9 rings (SSSR count). The first-order chi connectivity index (χ1) is 56.8. The SMILES string of the molecule is CC.CC.CC.CC.CC.CC.CC.CC.CC.CC.CC.CC.CCCC.CCCC.CCCC.CO.CO.CO.CO.CO.CO.CSc1ccccc1.CSc1ccccc1.Cc1ccccc1.Cc1ccccc1.Cc1ccccc1.Cc1ccccc1.ClCCl.Sc1ccccc1.Sc1ccccc1.Sc1ccccc1. The van der Waals surface area contributed by atoms with Crippen molar-refractivity contribution in [3.8, 4) is 0 Å². The summed E-state index contributed by atoms with van der Waals surface area (Å²) in [7, 11) is 6.00. The molecular formula is C103H194Cl2O6S5. The third-order valence-corrected chi connectivity index (χ3v) is 11.9. The zero-order valence-electron chi connectivity index (χ0n) is 83.0. The molecule has 0 atom stereocenters. The van der Waals surface area contributed by atoms with Gasteiger partial charge in [0, 0.05) is 67.1 Å². The second kappa shape index (κ2) is 226. The molecule has 0 unspecified atom stereocenters. The van der Waals surface area contributed by atoms with Crippen LogP contribution in [0.4, 0.5) is 0 Å². The van der Waals surface area contributed by atoms with Gasteiger partial charge in [0.1, 0.15) is 0 Å². The summed E-state index contributed by atoms with van der Waals surface area (Å²) in [6.45, 7) is 69.4. The molecule has 0 saturated heterocycles. The first-order valence-corrected chi connectivity index (χ1v) is 46.9. The number of benzene rings is 9. The molecule has 6 N–H and O–H groups in total. The van der Waals surface area contributed by atoms with Crippen LogP contribution in [-0.2, 0) is 0 Å². The number of aliphatic hydroxyl groups is 6. The molecule has 116 heavy (non-hydrogen) atoms. The maximum atomic E-state index is 7.00. The van der Waals surface area contributed by atoms with Gasteiger partial charge in [0.2, 0.25) is 0 Å². The summed E-state index contributed by atoms with van der Waals surface area (Å²) in [4.78, 5) is 5.70. The lowest BCUT2D eigenvalue weighted by atomic mass is 10.2. The second-order valence-corrected chi connectivity index (χ2v) is 20.9. The van der Waals surface area contributed by atoms with Crippen LogP contribution in [0.3, 0.4) is 0 Å². The van der Waals surface area contributed by atoms with E-state index in [1.54, 1.807) is 23.5 Å². The Morgan fingerprint density at radius 3 is 0.328 bits per heavy atom. The van der Waals surface area contributed by atoms with Gasteiger partial charge in [-0.1, -0.05) is 481 Å². The van der Waals surface area contributed by atoms with Gasteiger partial charge in [0.25, 0.3) is 0 Å². The second-order valence-electron chi connectivity index (χ2n) is 16.8. The number of halogens is 2. The van der Waals surface area contributed by atoms with Gasteiger partial charge in [-0.25, -0.2) is 0 Å². The normalized spacial score (nSPS) is 6.80. The number of thioether (sulfide) groups is 2. The highest BCUT2D eigenvalue weighted by atomic mass is 35.5. The first-order valence-electron chi connectivity index (χ1n) is 42.1. The fourth-order valence-corrected chi connectivity index (χ4v) is 5.91. The highest BCUT2D eigenvalue weighted by Gasteiger charge is 1.82. The Morgan fingerprint density at radius 2 is 0.284 bits per heavy atom. The van der Waals surface area contributed by atoms with Crippen molar-refractivity contribution < 1.29 is 30.6 Å². The highest BCUT2D eigenvalue weighted by Crippen LogP contribution is 2.12. The summed E-state index contributed by atoms with van der Waals surface area (Å²) >= 11 is 25.3. The molecule has 0 aromatic heterocycles. The van der Waals surface area contributed by atoms with E-state index < -0.39 is 0 Å². The fourth-order valence-electron chi connectivity index (χ4n) is 4.53. The predicted octanol–water partition coefficient (Wildman–Crippen LogP) is 35.5. The molecule has 0 heterocycles. The Kier molecular flexibility index (Phi) is 331. The molecular weight excluding hydrogens is 1560 g/mol. The molecule has 13 heteroatoms. The van der Waals surface area contributed by atoms with Gasteiger partial charge in [0.05, 0.1) is 5.34 Å². The molecule has 686 valence electrons. The van der Waals surface area contributed by atoms with Crippen molar-refractivity contribution in [2.75, 3.05) is 60.5 Å². The quantitative estimate of drug-likeness (QED) is 0.0475. The zero-order valence-corrected chi connectivity index (χ0v) is 88.9. The van der Waals surface area contributed by atoms with Gasteiger partial charge in [-0.3, -0.25) is 0 Å². The number of unbranched alkanes of at least 4 members (excludes halogenated alkanes) is 3. The Hall–Kier alpha value is -4.93. The van der Waals surface area contributed by atoms with E-state index in [4.69, 9.17) is 53.8 Å². The fraction of sp³-hybridized carbons (Fsp3) is 0.476. The van der Waals surface area contributed by atoms with Crippen molar-refractivity contribution in [3.05, 3.63) is 295 Å². The molecule has 0 bridgehead atoms. The number of aryl methyl sites for hydroxylation is 4. The van der Waals surface area contributed by atoms with Crippen LogP contribution in [0.5, 0.6) is 0 Å². The van der Waals surface area contributed by atoms with Gasteiger partial charge in [0.15, 0.2) is 0 Å². The Labute approximate surface area is 763 Å². The summed E-state index contributed by atoms with van der Waals surface area (Å²) < 4.78 is 0. The van der Waals surface area contributed by atoms with E-state index in [9.17, 15) is 0 Å². The molecule has 9 aromatic rings. The number of hydrogen-bond donors (Lipinski definition) is 9. The lowest BCUT2D eigenvalue weighted by Gasteiger charge is -1.89. The van der Waals surface area contributed by atoms with Crippen LogP contribution in [0.15, 0.2) is 297 Å². The zero-order chi connectivity index (χ0) is 96.4. The van der Waals surface area contributed by atoms with E-state index in [1.165, 1.54) is 70.6 Å². The van der Waals surface area contributed by atoms with E-state index in [-0.39, 0.29) is 5.34 Å². The summed E-state index contributed by atoms with van der Waals surface area (Å²) in [5.74, 6) is 0. The topological polar surface area (TPSA) is 121 Å². The van der Waals surface area contributed by atoms with Crippen LogP contribution < -0.4 is 0 Å². The van der Waals surface area contributed by atoms with Crippen LogP contribution in [0.1, 0.15) is 268 Å². The molecule has 0 aliphatic heterocycles. The molecule has 0 aliphatic rings. The van der Waals surface area contributed by atoms with Crippen molar-refractivity contribution >= 4 is 84.6 Å². The van der Waals surface area contributed by atoms with Gasteiger partial charge in [-0.2, -0.15) is 0 Å². The number of hydrogen-bond acceptors (Lipinski definition) is 11. The molecule has 0 saturated carbocycles. The molecule has 0 radical (unpaired) electrons. The molecule has 0 aliphatic carbocycles. The number of rotatable bonds is 5. The summed E-state index contributed by atoms with van der Waals surface area (Å²) in [6.07, 6.45) is 12.1. The Bertz CT molecular complexity index is 2050. The average Bonchev–Trinajstić information content (AvgIpc) is 0.976. The number of thiol groups is 3. The number of aliphatic hydroxyl groups excluding tert-OH is 6. The Morgan fingerprint density at radius 1 is 0.198 bits per heavy atom. The van der Waals surface area contributed by atoms with E-state index in [0.29, 0.717) is 0 Å². The van der Waals surface area contributed by atoms with Gasteiger partial charge < -0.3 is 30.6 Å². The van der Waals surface area contributed by atoms with Gasteiger partial charge >= 0.3 is 0 Å². The monoisotopic (exact) mass is 1760 g/mol. The summed E-state index contributed by atoms with van der Waals surface area (Å²) in [6, 6.07) is 91.1. The lowest BCUT2D eigenvalue weighted by molar-refractivity contribution is 0.399. The van der Waals surface area contributed by atoms with Crippen LogP contribution in [0.2, 0.25) is 0 Å². The van der Waals surface area contributed by atoms with E-state index in [0.717, 1.165) is 57.3 Å². The number of alkyl halides is 2. The molecule has 6 nitrogen and oxygen atoms in total. The molecule has 0 spiro atoms. The lowest BCUT2D eigenvalue weighted by Crippen LogP contribution is -1.62. The summed E-state index contributed by atoms with van der Waals surface area (Å²) in [5.41, 5.74) is 5.29. The average molecular weight is 1760 g/mol. The minimum Gasteiger partial charge on any atom is -0.400 e. The summed E-state index contributed by atoms with van der Waals surface area (Å²) in [5, 5.41) is 42.2. The first kappa shape index (κ1) is 170. The predicted molar refractivity (Wildman–Crippen MR) is 566 cm³/mol. The van der Waals surface area contributed by atoms with Crippen LogP contribution in [-0.4, -0.2) is 91.1 Å². The smallest absolute Gasteiger partial charge is 0.0967 e. The van der Waals surface area contributed by atoms with Gasteiger partial charge in [-0.15, -0.1) is 84.6 Å². The van der Waals surface area contributed by atoms with Crippen molar-refractivity contribution in [2.24, 2.45) is 0 Å². The van der Waals surface area contributed by atoms with E-state index in [2.05, 4.69) is 192 Å². The highest BCUT2D eigenvalue weighted by molar-refractivity contribution is 7.98. The van der Waals surface area contributed by atoms with Crippen LogP contribution >= 0.6 is 84.6 Å². The maximum absolute atomic E-state index is 7.00. The van der Waals surface area contributed by atoms with Crippen molar-refractivity contribution in [3.63, 3.8) is 0 Å². The largest absolute Gasteiger partial charge is 0.400 e. The third-order valence-electron chi connectivity index (χ3n) is 9.49. The third kappa shape index (κ3) is 232. The van der Waals surface area contributed by atoms with E-state index in [1.807, 2.05) is 366 Å². The molecule has 0 fully saturated rings. The van der Waals surface area contributed by atoms with Crippen molar-refractivity contribution in [1.82, 2.24) is 0 Å². The minimum atomic E-state index is 0.194. The minimum absolute atomic E-state index is 0.194.